The van der Waals surface area contributed by atoms with E-state index in [2.05, 4.69) is 0 Å². The number of ether oxygens (including phenoxy) is 1. The Morgan fingerprint density at radius 3 is 2.33 bits per heavy atom. The molecule has 1 aliphatic heterocycles. The van der Waals surface area contributed by atoms with Gasteiger partial charge in [-0.3, -0.25) is 0 Å². The van der Waals surface area contributed by atoms with E-state index in [9.17, 15) is 0 Å². The summed E-state index contributed by atoms with van der Waals surface area (Å²) in [7, 11) is 1.23. The van der Waals surface area contributed by atoms with Crippen LogP contribution in [0, 0.1) is 0 Å². The van der Waals surface area contributed by atoms with Crippen LogP contribution in [-0.2, 0) is 28.5 Å². The van der Waals surface area contributed by atoms with Gasteiger partial charge in [0.1, 0.15) is 0 Å². The second kappa shape index (κ2) is 6.81. The van der Waals surface area contributed by atoms with Gasteiger partial charge in [0.05, 0.1) is 0 Å². The first-order valence-electron chi connectivity index (χ1n) is 3.21. The summed E-state index contributed by atoms with van der Waals surface area (Å²) >= 11 is 0.750. The van der Waals surface area contributed by atoms with Gasteiger partial charge in [0.15, 0.2) is 0 Å². The van der Waals surface area contributed by atoms with Crippen molar-refractivity contribution in [2.75, 3.05) is 6.61 Å². The van der Waals surface area contributed by atoms with E-state index < -0.39 is 0 Å². The Morgan fingerprint density at radius 2 is 2.11 bits per heavy atom. The molecule has 4 heteroatoms. The molecule has 1 unspecified atom stereocenters. The van der Waals surface area contributed by atoms with Crippen LogP contribution in [0.25, 0.3) is 0 Å². The maximum absolute atomic E-state index is 8.25. The number of rotatable bonds is 0. The Labute approximate surface area is 70.5 Å². The molecule has 1 heterocycles. The van der Waals surface area contributed by atoms with E-state index in [1.165, 1.54) is 29.5 Å². The van der Waals surface area contributed by atoms with Gasteiger partial charge in [0.25, 0.3) is 0 Å². The van der Waals surface area contributed by atoms with Gasteiger partial charge in [-0.15, -0.1) is 0 Å². The Balaban J connectivity index is 0.000000291. The van der Waals surface area contributed by atoms with Gasteiger partial charge in [-0.25, -0.2) is 0 Å². The fourth-order valence-corrected chi connectivity index (χ4v) is 1.55. The topological polar surface area (TPSA) is 26.3 Å². The van der Waals surface area contributed by atoms with Crippen molar-refractivity contribution in [1.29, 1.82) is 0 Å². The van der Waals surface area contributed by atoms with Crippen molar-refractivity contribution < 1.29 is 28.5 Å². The molecule has 0 bridgehead atoms. The fraction of sp³-hybridized carbons (Fsp3) is 1.00. The molecule has 0 amide bonds. The molecule has 0 radical (unpaired) electrons. The zero-order valence-electron chi connectivity index (χ0n) is 5.72. The van der Waals surface area contributed by atoms with Crippen LogP contribution in [0.5, 0.6) is 0 Å². The van der Waals surface area contributed by atoms with Crippen molar-refractivity contribution in [2.24, 2.45) is 0 Å². The van der Waals surface area contributed by atoms with Crippen LogP contribution in [0.1, 0.15) is 19.3 Å². The summed E-state index contributed by atoms with van der Waals surface area (Å²) in [5.74, 6) is 0. The summed E-state index contributed by atoms with van der Waals surface area (Å²) in [6.45, 7) is 1.02. The Bertz CT molecular complexity index is 66.0. The van der Waals surface area contributed by atoms with Gasteiger partial charge in [-0.05, 0) is 19.3 Å². The average Bonchev–Trinajstić information content (AvgIpc) is 1.94. The Morgan fingerprint density at radius 1 is 1.44 bits per heavy atom. The van der Waals surface area contributed by atoms with E-state index in [0.29, 0.717) is 5.73 Å². The van der Waals surface area contributed by atoms with Crippen molar-refractivity contribution in [1.82, 2.24) is 0 Å². The third kappa shape index (κ3) is 5.15. The fourth-order valence-electron chi connectivity index (χ4n) is 0.902. The predicted molar refractivity (Wildman–Crippen MR) is 34.2 cm³/mol. The summed E-state index contributed by atoms with van der Waals surface area (Å²) in [5, 5.41) is 0. The molecule has 0 N–H and O–H groups in total. The minimum Gasteiger partial charge on any atom is -0.383 e. The molecule has 9 heavy (non-hydrogen) atoms. The van der Waals surface area contributed by atoms with Crippen molar-refractivity contribution in [3.63, 3.8) is 0 Å². The molecule has 1 atom stereocenters. The Hall–Kier alpha value is 0.691. The minimum absolute atomic E-state index is 0.675. The standard InChI is InChI=1S/C5H12OSi.O.Ti/c7-5-3-1-2-4-6-5;;/h5H,1-4H2,7H3;;. The normalized spacial score (nSPS) is 26.3. The van der Waals surface area contributed by atoms with Crippen LogP contribution in [0.3, 0.4) is 0 Å². The second-order valence-electron chi connectivity index (χ2n) is 2.18. The predicted octanol–water partition coefficient (Wildman–Crippen LogP) is -0.243. The largest absolute Gasteiger partial charge is 0.383 e. The molecular weight excluding hydrogens is 168 g/mol. The van der Waals surface area contributed by atoms with Gasteiger partial charge in [0, 0.05) is 22.6 Å². The van der Waals surface area contributed by atoms with Crippen LogP contribution in [0.4, 0.5) is 0 Å². The first-order valence-corrected chi connectivity index (χ1v) is 5.01. The number of hydrogen-bond donors (Lipinski definition) is 0. The zero-order chi connectivity index (χ0) is 7.11. The summed E-state index contributed by atoms with van der Waals surface area (Å²) < 4.78 is 13.6. The van der Waals surface area contributed by atoms with Crippen molar-refractivity contribution in [3.8, 4) is 0 Å². The molecule has 1 rings (SSSR count). The van der Waals surface area contributed by atoms with Crippen LogP contribution in [-0.4, -0.2) is 22.6 Å². The van der Waals surface area contributed by atoms with Crippen LogP contribution in [0.2, 0.25) is 0 Å². The molecule has 1 fully saturated rings. The first kappa shape index (κ1) is 9.69. The molecule has 0 saturated carbocycles. The monoisotopic (exact) mass is 180 g/mol. The SMILES string of the molecule is [O]=[Ti].[SiH3]C1CCCCO1. The maximum atomic E-state index is 8.25. The molecule has 2 nitrogen and oxygen atoms in total. The molecule has 0 spiro atoms. The van der Waals surface area contributed by atoms with Crippen LogP contribution in [0.15, 0.2) is 0 Å². The summed E-state index contributed by atoms with van der Waals surface area (Å²) in [6.07, 6.45) is 4.01. The molecule has 0 aromatic carbocycles. The minimum atomic E-state index is 0.675. The molecular formula is C5H12O2SiTi. The van der Waals surface area contributed by atoms with E-state index in [0.717, 1.165) is 27.0 Å². The smallest absolute Gasteiger partial charge is 0.0465 e. The maximum Gasteiger partial charge on any atom is 0.0465 e. The van der Waals surface area contributed by atoms with E-state index in [1.54, 1.807) is 0 Å². The van der Waals surface area contributed by atoms with E-state index in [1.807, 2.05) is 0 Å². The summed E-state index contributed by atoms with van der Waals surface area (Å²) in [6, 6.07) is 0. The van der Waals surface area contributed by atoms with Crippen LogP contribution >= 0.6 is 0 Å². The molecule has 1 saturated heterocycles. The van der Waals surface area contributed by atoms with Gasteiger partial charge in [0.2, 0.25) is 0 Å². The number of hydrogen-bond acceptors (Lipinski definition) is 2. The summed E-state index contributed by atoms with van der Waals surface area (Å²) in [5.41, 5.74) is 0.675. The molecule has 0 aromatic rings. The van der Waals surface area contributed by atoms with E-state index in [-0.39, 0.29) is 0 Å². The second-order valence-corrected chi connectivity index (χ2v) is 3.47. The van der Waals surface area contributed by atoms with Crippen molar-refractivity contribution in [3.05, 3.63) is 0 Å². The Kier molecular flexibility index (Phi) is 7.33. The van der Waals surface area contributed by atoms with Crippen molar-refractivity contribution >= 4 is 10.2 Å². The van der Waals surface area contributed by atoms with E-state index in [4.69, 9.17) is 8.06 Å². The molecule has 0 aliphatic carbocycles. The molecule has 52 valence electrons. The van der Waals surface area contributed by atoms with Gasteiger partial charge >= 0.3 is 23.7 Å². The van der Waals surface area contributed by atoms with Crippen molar-refractivity contribution in [2.45, 2.75) is 25.0 Å². The molecule has 0 aromatic heterocycles. The van der Waals surface area contributed by atoms with E-state index >= 15 is 0 Å². The summed E-state index contributed by atoms with van der Waals surface area (Å²) in [4.78, 5) is 0. The zero-order valence-corrected chi connectivity index (χ0v) is 9.28. The third-order valence-corrected chi connectivity index (χ3v) is 2.32. The first-order chi connectivity index (χ1) is 4.39. The van der Waals surface area contributed by atoms with Crippen LogP contribution < -0.4 is 0 Å². The van der Waals surface area contributed by atoms with Gasteiger partial charge < -0.3 is 4.74 Å². The van der Waals surface area contributed by atoms with Gasteiger partial charge in [-0.1, -0.05) is 0 Å². The average molecular weight is 180 g/mol. The van der Waals surface area contributed by atoms with Gasteiger partial charge in [-0.2, -0.15) is 0 Å². The third-order valence-electron chi connectivity index (χ3n) is 1.41. The molecule has 1 aliphatic rings. The quantitative estimate of drug-likeness (QED) is 0.481.